The van der Waals surface area contributed by atoms with Gasteiger partial charge in [-0.15, -0.1) is 0 Å². The van der Waals surface area contributed by atoms with E-state index in [-0.39, 0.29) is 5.97 Å². The summed E-state index contributed by atoms with van der Waals surface area (Å²) in [6.07, 6.45) is 3.55. The summed E-state index contributed by atoms with van der Waals surface area (Å²) >= 11 is 0. The summed E-state index contributed by atoms with van der Waals surface area (Å²) in [5.74, 6) is 1.52. The number of aryl methyl sites for hydroxylation is 2. The van der Waals surface area contributed by atoms with Crippen molar-refractivity contribution in [1.82, 2.24) is 0 Å². The van der Waals surface area contributed by atoms with Crippen LogP contribution in [-0.4, -0.2) is 26.3 Å². The molecule has 0 aliphatic carbocycles. The van der Waals surface area contributed by atoms with Gasteiger partial charge in [-0.05, 0) is 68.6 Å². The summed E-state index contributed by atoms with van der Waals surface area (Å²) in [5.41, 5.74) is 5.01. The summed E-state index contributed by atoms with van der Waals surface area (Å²) in [5, 5.41) is 0. The van der Waals surface area contributed by atoms with Gasteiger partial charge in [0.25, 0.3) is 0 Å². The average molecular weight is 391 g/mol. The molecule has 1 aromatic carbocycles. The Labute approximate surface area is 173 Å². The van der Waals surface area contributed by atoms with Crippen LogP contribution < -0.4 is 0 Å². The molecule has 1 fully saturated rings. The van der Waals surface area contributed by atoms with Crippen LogP contribution in [-0.2, 0) is 20.7 Å². The maximum absolute atomic E-state index is 11.8. The third-order valence-electron chi connectivity index (χ3n) is 5.07. The molecule has 3 heteroatoms. The average Bonchev–Trinajstić information content (AvgIpc) is 2.71. The smallest absolute Gasteiger partial charge is 0.338 e. The topological polar surface area (TPSA) is 35.5 Å². The molecule has 0 bridgehead atoms. The number of carbonyl (C=O) groups is 1. The van der Waals surface area contributed by atoms with Gasteiger partial charge in [-0.2, -0.15) is 0 Å². The predicted octanol–water partition coefficient (Wildman–Crippen LogP) is 6.62. The second-order valence-corrected chi connectivity index (χ2v) is 7.56. The van der Waals surface area contributed by atoms with Gasteiger partial charge in [0.15, 0.2) is 0 Å². The Bertz CT molecular complexity index is 604. The highest BCUT2D eigenvalue weighted by Gasteiger charge is 2.17. The molecule has 1 aliphatic heterocycles. The minimum atomic E-state index is -0.266. The highest BCUT2D eigenvalue weighted by molar-refractivity contribution is 6.17. The largest absolute Gasteiger partial charge is 0.465 e. The zero-order valence-electron chi connectivity index (χ0n) is 19.6. The molecule has 28 heavy (non-hydrogen) atoms. The number of allylic oxidation sites excluding steroid dienone is 1. The van der Waals surface area contributed by atoms with Crippen molar-refractivity contribution in [1.29, 1.82) is 0 Å². The van der Waals surface area contributed by atoms with Crippen LogP contribution in [0.5, 0.6) is 0 Å². The lowest BCUT2D eigenvalue weighted by Crippen LogP contribution is -2.19. The standard InChI is InChI=1S/C15H20O2.C8H16O.C2H6/c1-6-12-7-8-13(11(4)9-12)14(10(2)3)15(16)17-5;1-7(2)8-3-5-9-6-4-8;1-2/h7-9H,6H2,1-5H3;7-8H,3-6H2,1-2H3;1-2H3. The van der Waals surface area contributed by atoms with Crippen LogP contribution in [0, 0.1) is 18.8 Å². The van der Waals surface area contributed by atoms with Crippen molar-refractivity contribution in [2.75, 3.05) is 20.3 Å². The summed E-state index contributed by atoms with van der Waals surface area (Å²) < 4.78 is 10.1. The molecule has 160 valence electrons. The number of methoxy groups -OCH3 is 1. The molecule has 0 atom stereocenters. The minimum absolute atomic E-state index is 0.266. The molecule has 0 saturated carbocycles. The van der Waals surface area contributed by atoms with E-state index in [1.807, 2.05) is 40.7 Å². The molecule has 1 saturated heterocycles. The Kier molecular flexibility index (Phi) is 13.6. The molecular formula is C25H42O3. The van der Waals surface area contributed by atoms with Gasteiger partial charge in [0.1, 0.15) is 0 Å². The third kappa shape index (κ3) is 8.60. The van der Waals surface area contributed by atoms with E-state index in [0.29, 0.717) is 5.57 Å². The van der Waals surface area contributed by atoms with E-state index in [0.717, 1.165) is 48.2 Å². The van der Waals surface area contributed by atoms with Crippen molar-refractivity contribution in [2.45, 2.75) is 74.7 Å². The monoisotopic (exact) mass is 390 g/mol. The van der Waals surface area contributed by atoms with E-state index in [9.17, 15) is 4.79 Å². The number of benzene rings is 1. The Morgan fingerprint density at radius 3 is 2.11 bits per heavy atom. The Hall–Kier alpha value is -1.61. The molecule has 3 nitrogen and oxygen atoms in total. The fraction of sp³-hybridized carbons (Fsp3) is 0.640. The Morgan fingerprint density at radius 1 is 1.18 bits per heavy atom. The van der Waals surface area contributed by atoms with E-state index in [1.165, 1.54) is 25.5 Å². The highest BCUT2D eigenvalue weighted by atomic mass is 16.5. The number of hydrogen-bond acceptors (Lipinski definition) is 3. The molecule has 0 radical (unpaired) electrons. The molecular weight excluding hydrogens is 348 g/mol. The first kappa shape index (κ1) is 26.4. The van der Waals surface area contributed by atoms with Gasteiger partial charge in [0, 0.05) is 13.2 Å². The first-order valence-corrected chi connectivity index (χ1v) is 10.7. The van der Waals surface area contributed by atoms with Crippen LogP contribution in [0.15, 0.2) is 23.8 Å². The lowest BCUT2D eigenvalue weighted by atomic mass is 9.89. The maximum atomic E-state index is 11.8. The number of ether oxygens (including phenoxy) is 2. The zero-order valence-corrected chi connectivity index (χ0v) is 19.6. The molecule has 1 aromatic rings. The Morgan fingerprint density at radius 2 is 1.75 bits per heavy atom. The lowest BCUT2D eigenvalue weighted by Gasteiger charge is -2.24. The van der Waals surface area contributed by atoms with Gasteiger partial charge in [-0.3, -0.25) is 0 Å². The van der Waals surface area contributed by atoms with Crippen molar-refractivity contribution in [3.63, 3.8) is 0 Å². The van der Waals surface area contributed by atoms with Gasteiger partial charge in [0.2, 0.25) is 0 Å². The lowest BCUT2D eigenvalue weighted by molar-refractivity contribution is -0.133. The van der Waals surface area contributed by atoms with Gasteiger partial charge >= 0.3 is 5.97 Å². The second kappa shape index (κ2) is 14.4. The van der Waals surface area contributed by atoms with Gasteiger partial charge in [0.05, 0.1) is 12.7 Å². The van der Waals surface area contributed by atoms with Crippen molar-refractivity contribution < 1.29 is 14.3 Å². The molecule has 0 spiro atoms. The molecule has 2 rings (SSSR count). The fourth-order valence-corrected chi connectivity index (χ4v) is 3.29. The summed E-state index contributed by atoms with van der Waals surface area (Å²) in [6, 6.07) is 6.20. The molecule has 0 unspecified atom stereocenters. The minimum Gasteiger partial charge on any atom is -0.465 e. The maximum Gasteiger partial charge on any atom is 0.338 e. The van der Waals surface area contributed by atoms with E-state index in [4.69, 9.17) is 9.47 Å². The number of rotatable bonds is 4. The normalized spacial score (nSPS) is 13.6. The zero-order chi connectivity index (χ0) is 21.7. The van der Waals surface area contributed by atoms with Crippen molar-refractivity contribution in [2.24, 2.45) is 11.8 Å². The number of esters is 1. The molecule has 0 amide bonds. The van der Waals surface area contributed by atoms with E-state index < -0.39 is 0 Å². The van der Waals surface area contributed by atoms with Crippen molar-refractivity contribution >= 4 is 11.5 Å². The summed E-state index contributed by atoms with van der Waals surface area (Å²) in [6.45, 7) is 18.6. The fourth-order valence-electron chi connectivity index (χ4n) is 3.29. The molecule has 0 N–H and O–H groups in total. The Balaban J connectivity index is 0.000000556. The van der Waals surface area contributed by atoms with Crippen LogP contribution in [0.4, 0.5) is 0 Å². The van der Waals surface area contributed by atoms with Crippen LogP contribution >= 0.6 is 0 Å². The predicted molar refractivity (Wildman–Crippen MR) is 121 cm³/mol. The van der Waals surface area contributed by atoms with E-state index >= 15 is 0 Å². The van der Waals surface area contributed by atoms with Gasteiger partial charge < -0.3 is 9.47 Å². The van der Waals surface area contributed by atoms with Crippen LogP contribution in [0.3, 0.4) is 0 Å². The molecule has 1 heterocycles. The quantitative estimate of drug-likeness (QED) is 0.428. The number of carbonyl (C=O) groups excluding carboxylic acids is 1. The van der Waals surface area contributed by atoms with E-state index in [2.05, 4.69) is 32.9 Å². The van der Waals surface area contributed by atoms with E-state index in [1.54, 1.807) is 0 Å². The van der Waals surface area contributed by atoms with Gasteiger partial charge in [-0.25, -0.2) is 4.79 Å². The van der Waals surface area contributed by atoms with Gasteiger partial charge in [-0.1, -0.05) is 58.4 Å². The summed E-state index contributed by atoms with van der Waals surface area (Å²) in [4.78, 5) is 11.8. The van der Waals surface area contributed by atoms with Crippen molar-refractivity contribution in [3.05, 3.63) is 40.5 Å². The van der Waals surface area contributed by atoms with Crippen LogP contribution in [0.2, 0.25) is 0 Å². The highest BCUT2D eigenvalue weighted by Crippen LogP contribution is 2.25. The SMILES string of the molecule is CC.CC(C)C1CCOCC1.CCc1ccc(C(C(=O)OC)=C(C)C)c(C)c1. The van der Waals surface area contributed by atoms with Crippen LogP contribution in [0.1, 0.15) is 78.0 Å². The van der Waals surface area contributed by atoms with Crippen molar-refractivity contribution in [3.8, 4) is 0 Å². The first-order valence-electron chi connectivity index (χ1n) is 10.7. The second-order valence-electron chi connectivity index (χ2n) is 7.56. The molecule has 1 aliphatic rings. The third-order valence-corrected chi connectivity index (χ3v) is 5.07. The summed E-state index contributed by atoms with van der Waals surface area (Å²) in [7, 11) is 1.42. The number of hydrogen-bond donors (Lipinski definition) is 0. The molecule has 0 aromatic heterocycles. The van der Waals surface area contributed by atoms with Crippen LogP contribution in [0.25, 0.3) is 5.57 Å². The first-order chi connectivity index (χ1) is 13.3.